The summed E-state index contributed by atoms with van der Waals surface area (Å²) < 4.78 is 0. The Hall–Kier alpha value is -2.69. The van der Waals surface area contributed by atoms with Crippen LogP contribution >= 0.6 is 0 Å². The van der Waals surface area contributed by atoms with Crippen molar-refractivity contribution in [2.45, 2.75) is 13.8 Å². The lowest BCUT2D eigenvalue weighted by Crippen LogP contribution is -2.14. The first kappa shape index (κ1) is 13.7. The fraction of sp³-hybridized carbons (Fsp3) is 0.133. The molecule has 1 aromatic carbocycles. The van der Waals surface area contributed by atoms with Crippen LogP contribution in [0.15, 0.2) is 36.5 Å². The van der Waals surface area contributed by atoms with Gasteiger partial charge in [0.05, 0.1) is 5.56 Å². The molecule has 0 saturated heterocycles. The van der Waals surface area contributed by atoms with Gasteiger partial charge in [-0.25, -0.2) is 9.78 Å². The number of hydrogen-bond donors (Lipinski definition) is 2. The van der Waals surface area contributed by atoms with Crippen molar-refractivity contribution in [2.24, 2.45) is 0 Å². The number of carbonyl (C=O) groups excluding carboxylic acids is 1. The number of carbonyl (C=O) groups is 2. The van der Waals surface area contributed by atoms with Crippen LogP contribution in [0.25, 0.3) is 0 Å². The summed E-state index contributed by atoms with van der Waals surface area (Å²) in [6.07, 6.45) is 1.25. The zero-order valence-electron chi connectivity index (χ0n) is 11.2. The molecule has 2 aromatic rings. The van der Waals surface area contributed by atoms with Crippen LogP contribution in [-0.4, -0.2) is 22.0 Å². The molecule has 0 fully saturated rings. The van der Waals surface area contributed by atoms with Gasteiger partial charge in [-0.3, -0.25) is 4.79 Å². The van der Waals surface area contributed by atoms with Crippen molar-refractivity contribution in [3.8, 4) is 0 Å². The van der Waals surface area contributed by atoms with Gasteiger partial charge in [0.2, 0.25) is 0 Å². The Balaban J connectivity index is 2.20. The summed E-state index contributed by atoms with van der Waals surface area (Å²) in [7, 11) is 0. The van der Waals surface area contributed by atoms with E-state index in [4.69, 9.17) is 5.11 Å². The maximum Gasteiger partial charge on any atom is 0.354 e. The van der Waals surface area contributed by atoms with Crippen LogP contribution in [0.1, 0.15) is 32.0 Å². The van der Waals surface area contributed by atoms with Crippen molar-refractivity contribution in [1.29, 1.82) is 0 Å². The molecule has 1 aromatic heterocycles. The summed E-state index contributed by atoms with van der Waals surface area (Å²) in [5.74, 6) is -1.44. The number of pyridine rings is 1. The Kier molecular flexibility index (Phi) is 3.79. The molecular weight excluding hydrogens is 256 g/mol. The lowest BCUT2D eigenvalue weighted by Gasteiger charge is -2.10. The second-order valence-electron chi connectivity index (χ2n) is 4.44. The largest absolute Gasteiger partial charge is 0.477 e. The van der Waals surface area contributed by atoms with Crippen molar-refractivity contribution < 1.29 is 14.7 Å². The van der Waals surface area contributed by atoms with E-state index < -0.39 is 5.97 Å². The lowest BCUT2D eigenvalue weighted by atomic mass is 10.1. The van der Waals surface area contributed by atoms with Crippen LogP contribution in [-0.2, 0) is 0 Å². The molecule has 5 heteroatoms. The molecule has 1 amide bonds. The Labute approximate surface area is 116 Å². The summed E-state index contributed by atoms with van der Waals surface area (Å²) in [5, 5.41) is 11.5. The molecule has 0 aliphatic heterocycles. The molecule has 0 saturated carbocycles. The van der Waals surface area contributed by atoms with Crippen LogP contribution in [0.3, 0.4) is 0 Å². The zero-order chi connectivity index (χ0) is 14.7. The highest BCUT2D eigenvalue weighted by atomic mass is 16.4. The molecule has 0 spiro atoms. The minimum Gasteiger partial charge on any atom is -0.477 e. The van der Waals surface area contributed by atoms with Crippen LogP contribution in [0, 0.1) is 13.8 Å². The van der Waals surface area contributed by atoms with E-state index in [1.165, 1.54) is 18.3 Å². The number of aromatic nitrogens is 1. The van der Waals surface area contributed by atoms with Crippen molar-refractivity contribution in [1.82, 2.24) is 4.98 Å². The van der Waals surface area contributed by atoms with E-state index in [0.29, 0.717) is 5.56 Å². The standard InChI is InChI=1S/C15H14N2O3/c1-9-4-3-5-12(10(9)2)17-14(18)11-6-7-13(15(19)20)16-8-11/h3-8H,1-2H3,(H,17,18)(H,19,20). The molecule has 2 N–H and O–H groups in total. The molecule has 0 aliphatic carbocycles. The summed E-state index contributed by atoms with van der Waals surface area (Å²) in [4.78, 5) is 26.5. The average Bonchev–Trinajstić information content (AvgIpc) is 2.44. The number of anilines is 1. The molecule has 0 unspecified atom stereocenters. The number of carboxylic acid groups (broad SMARTS) is 1. The Morgan fingerprint density at radius 3 is 2.50 bits per heavy atom. The van der Waals surface area contributed by atoms with Crippen LogP contribution < -0.4 is 5.32 Å². The summed E-state index contributed by atoms with van der Waals surface area (Å²) in [6.45, 7) is 3.89. The number of aromatic carboxylic acids is 1. The Morgan fingerprint density at radius 1 is 1.15 bits per heavy atom. The first-order chi connectivity index (χ1) is 9.49. The van der Waals surface area contributed by atoms with Crippen molar-refractivity contribution in [2.75, 3.05) is 5.32 Å². The van der Waals surface area contributed by atoms with Gasteiger partial charge >= 0.3 is 5.97 Å². The van der Waals surface area contributed by atoms with Gasteiger partial charge < -0.3 is 10.4 Å². The smallest absolute Gasteiger partial charge is 0.354 e. The zero-order valence-corrected chi connectivity index (χ0v) is 11.2. The molecule has 0 atom stereocenters. The second-order valence-corrected chi connectivity index (χ2v) is 4.44. The Morgan fingerprint density at radius 2 is 1.90 bits per heavy atom. The van der Waals surface area contributed by atoms with Gasteiger partial charge in [-0.1, -0.05) is 12.1 Å². The molecule has 20 heavy (non-hydrogen) atoms. The minimum absolute atomic E-state index is 0.0895. The van der Waals surface area contributed by atoms with E-state index in [2.05, 4.69) is 10.3 Å². The van der Waals surface area contributed by atoms with Gasteiger partial charge in [-0.05, 0) is 43.2 Å². The highest BCUT2D eigenvalue weighted by Gasteiger charge is 2.10. The lowest BCUT2D eigenvalue weighted by molar-refractivity contribution is 0.0690. The topological polar surface area (TPSA) is 79.3 Å². The average molecular weight is 270 g/mol. The summed E-state index contributed by atoms with van der Waals surface area (Å²) in [6, 6.07) is 8.40. The van der Waals surface area contributed by atoms with Gasteiger partial charge in [0.25, 0.3) is 5.91 Å². The summed E-state index contributed by atoms with van der Waals surface area (Å²) >= 11 is 0. The third-order valence-corrected chi connectivity index (χ3v) is 3.10. The SMILES string of the molecule is Cc1cccc(NC(=O)c2ccc(C(=O)O)nc2)c1C. The fourth-order valence-electron chi connectivity index (χ4n) is 1.74. The number of amides is 1. The third-order valence-electron chi connectivity index (χ3n) is 3.10. The number of carboxylic acids is 1. The molecule has 5 nitrogen and oxygen atoms in total. The molecule has 1 heterocycles. The normalized spacial score (nSPS) is 10.1. The van der Waals surface area contributed by atoms with Gasteiger partial charge in [0.1, 0.15) is 5.69 Å². The highest BCUT2D eigenvalue weighted by molar-refractivity contribution is 6.04. The van der Waals surface area contributed by atoms with E-state index >= 15 is 0 Å². The van der Waals surface area contributed by atoms with Crippen LogP contribution in [0.4, 0.5) is 5.69 Å². The van der Waals surface area contributed by atoms with E-state index in [1.807, 2.05) is 32.0 Å². The van der Waals surface area contributed by atoms with E-state index in [0.717, 1.165) is 16.8 Å². The number of nitrogens with zero attached hydrogens (tertiary/aromatic N) is 1. The maximum atomic E-state index is 12.1. The van der Waals surface area contributed by atoms with Crippen LogP contribution in [0.2, 0.25) is 0 Å². The van der Waals surface area contributed by atoms with Gasteiger partial charge in [0, 0.05) is 11.9 Å². The fourth-order valence-corrected chi connectivity index (χ4v) is 1.74. The number of rotatable bonds is 3. The van der Waals surface area contributed by atoms with Crippen LogP contribution in [0.5, 0.6) is 0 Å². The molecule has 2 rings (SSSR count). The maximum absolute atomic E-state index is 12.1. The molecule has 0 aliphatic rings. The first-order valence-corrected chi connectivity index (χ1v) is 6.06. The number of hydrogen-bond acceptors (Lipinski definition) is 3. The molecule has 0 radical (unpaired) electrons. The van der Waals surface area contributed by atoms with Gasteiger partial charge in [-0.2, -0.15) is 0 Å². The molecule has 0 bridgehead atoms. The van der Waals surface area contributed by atoms with Gasteiger partial charge in [0.15, 0.2) is 0 Å². The third kappa shape index (κ3) is 2.83. The predicted molar refractivity (Wildman–Crippen MR) is 75.1 cm³/mol. The van der Waals surface area contributed by atoms with Crippen molar-refractivity contribution in [3.63, 3.8) is 0 Å². The Bertz CT molecular complexity index is 663. The van der Waals surface area contributed by atoms with Crippen molar-refractivity contribution >= 4 is 17.6 Å². The van der Waals surface area contributed by atoms with E-state index in [9.17, 15) is 9.59 Å². The van der Waals surface area contributed by atoms with Crippen molar-refractivity contribution in [3.05, 3.63) is 58.9 Å². The predicted octanol–water partition coefficient (Wildman–Crippen LogP) is 2.65. The minimum atomic E-state index is -1.12. The first-order valence-electron chi connectivity index (χ1n) is 6.06. The molecule has 102 valence electrons. The number of aryl methyl sites for hydroxylation is 1. The summed E-state index contributed by atoms with van der Waals surface area (Å²) in [5.41, 5.74) is 3.04. The highest BCUT2D eigenvalue weighted by Crippen LogP contribution is 2.18. The van der Waals surface area contributed by atoms with Gasteiger partial charge in [-0.15, -0.1) is 0 Å². The molecular formula is C15H14N2O3. The van der Waals surface area contributed by atoms with E-state index in [-0.39, 0.29) is 11.6 Å². The van der Waals surface area contributed by atoms with E-state index in [1.54, 1.807) is 0 Å². The number of benzene rings is 1. The monoisotopic (exact) mass is 270 g/mol. The second kappa shape index (κ2) is 5.52. The quantitative estimate of drug-likeness (QED) is 0.898. The number of nitrogens with one attached hydrogen (secondary N) is 1.